The Bertz CT molecular complexity index is 654. The standard InChI is InChI=1S/C19H22F6O2/c1-4-7-10-27-16-13(8-5-2)11-15(12-14(16)9-6-3)17(26,18(20,21)22)19(23,24)25/h11-12,26H,5-6,8-10H2,1-3H3. The molecule has 0 aliphatic rings. The molecule has 0 unspecified atom stereocenters. The molecule has 27 heavy (non-hydrogen) atoms. The Labute approximate surface area is 154 Å². The minimum absolute atomic E-state index is 0.0356. The maximum Gasteiger partial charge on any atom is 0.430 e. The minimum Gasteiger partial charge on any atom is -0.480 e. The highest BCUT2D eigenvalue weighted by atomic mass is 19.4. The van der Waals surface area contributed by atoms with Crippen LogP contribution in [0.2, 0.25) is 0 Å². The first-order valence-electron chi connectivity index (χ1n) is 8.48. The van der Waals surface area contributed by atoms with Crippen molar-refractivity contribution < 1.29 is 36.2 Å². The van der Waals surface area contributed by atoms with Crippen molar-refractivity contribution in [2.45, 2.75) is 64.4 Å². The predicted molar refractivity (Wildman–Crippen MR) is 89.4 cm³/mol. The molecule has 0 heterocycles. The molecule has 0 saturated heterocycles. The van der Waals surface area contributed by atoms with Crippen molar-refractivity contribution in [1.29, 1.82) is 0 Å². The molecule has 0 aliphatic carbocycles. The van der Waals surface area contributed by atoms with Crippen LogP contribution in [0, 0.1) is 11.8 Å². The summed E-state index contributed by atoms with van der Waals surface area (Å²) in [4.78, 5) is 0. The Morgan fingerprint density at radius 1 is 0.926 bits per heavy atom. The average Bonchev–Trinajstić information content (AvgIpc) is 2.54. The first-order chi connectivity index (χ1) is 12.4. The summed E-state index contributed by atoms with van der Waals surface area (Å²) in [6.45, 7) is 5.02. The molecule has 152 valence electrons. The summed E-state index contributed by atoms with van der Waals surface area (Å²) < 4.78 is 85.0. The molecule has 0 saturated carbocycles. The van der Waals surface area contributed by atoms with E-state index in [0.29, 0.717) is 12.8 Å². The SMILES string of the molecule is CC#CCOc1c(CCC)cc(C(O)(C(F)(F)F)C(F)(F)F)cc1CCC. The Morgan fingerprint density at radius 2 is 1.37 bits per heavy atom. The molecule has 2 nitrogen and oxygen atoms in total. The van der Waals surface area contributed by atoms with Crippen molar-refractivity contribution in [2.75, 3.05) is 6.61 Å². The van der Waals surface area contributed by atoms with Gasteiger partial charge >= 0.3 is 12.4 Å². The van der Waals surface area contributed by atoms with E-state index in [4.69, 9.17) is 4.74 Å². The van der Waals surface area contributed by atoms with Gasteiger partial charge in [0.05, 0.1) is 0 Å². The number of hydrogen-bond donors (Lipinski definition) is 1. The zero-order valence-electron chi connectivity index (χ0n) is 15.3. The van der Waals surface area contributed by atoms with Crippen LogP contribution in [0.4, 0.5) is 26.3 Å². The summed E-state index contributed by atoms with van der Waals surface area (Å²) >= 11 is 0. The maximum atomic E-state index is 13.3. The van der Waals surface area contributed by atoms with Gasteiger partial charge in [0, 0.05) is 5.56 Å². The topological polar surface area (TPSA) is 29.5 Å². The molecule has 1 aromatic rings. The lowest BCUT2D eigenvalue weighted by atomic mass is 9.87. The van der Waals surface area contributed by atoms with Gasteiger partial charge in [0.25, 0.3) is 5.60 Å². The highest BCUT2D eigenvalue weighted by Crippen LogP contribution is 2.51. The molecular weight excluding hydrogens is 374 g/mol. The number of benzene rings is 1. The van der Waals surface area contributed by atoms with E-state index in [2.05, 4.69) is 11.8 Å². The van der Waals surface area contributed by atoms with Gasteiger partial charge in [0.15, 0.2) is 0 Å². The second-order valence-electron chi connectivity index (χ2n) is 6.04. The molecule has 1 aromatic carbocycles. The minimum atomic E-state index is -5.92. The summed E-state index contributed by atoms with van der Waals surface area (Å²) in [5.41, 5.74) is -5.83. The van der Waals surface area contributed by atoms with Crippen LogP contribution in [0.5, 0.6) is 5.75 Å². The summed E-state index contributed by atoms with van der Waals surface area (Å²) in [5.74, 6) is 5.48. The van der Waals surface area contributed by atoms with E-state index >= 15 is 0 Å². The highest BCUT2D eigenvalue weighted by molar-refractivity contribution is 5.48. The monoisotopic (exact) mass is 396 g/mol. The number of rotatable bonds is 7. The van der Waals surface area contributed by atoms with Gasteiger partial charge in [-0.25, -0.2) is 0 Å². The van der Waals surface area contributed by atoms with Crippen LogP contribution >= 0.6 is 0 Å². The Hall–Kier alpha value is -1.88. The molecule has 0 atom stereocenters. The van der Waals surface area contributed by atoms with E-state index in [1.54, 1.807) is 20.8 Å². The van der Waals surface area contributed by atoms with Crippen LogP contribution in [0.15, 0.2) is 12.1 Å². The lowest BCUT2D eigenvalue weighted by Crippen LogP contribution is -2.54. The number of alkyl halides is 6. The molecule has 0 spiro atoms. The summed E-state index contributed by atoms with van der Waals surface area (Å²) in [7, 11) is 0. The summed E-state index contributed by atoms with van der Waals surface area (Å²) in [6.07, 6.45) is -10.5. The van der Waals surface area contributed by atoms with Crippen molar-refractivity contribution in [1.82, 2.24) is 0 Å². The third-order valence-corrected chi connectivity index (χ3v) is 3.99. The van der Waals surface area contributed by atoms with Crippen LogP contribution in [-0.4, -0.2) is 24.1 Å². The van der Waals surface area contributed by atoms with Gasteiger partial charge in [-0.2, -0.15) is 26.3 Å². The van der Waals surface area contributed by atoms with E-state index in [0.717, 1.165) is 12.1 Å². The Morgan fingerprint density at radius 3 is 1.70 bits per heavy atom. The van der Waals surface area contributed by atoms with Gasteiger partial charge in [-0.15, -0.1) is 5.92 Å². The molecule has 1 N–H and O–H groups in total. The molecule has 0 aliphatic heterocycles. The third kappa shape index (κ3) is 4.89. The fraction of sp³-hybridized carbons (Fsp3) is 0.579. The van der Waals surface area contributed by atoms with Gasteiger partial charge in [-0.05, 0) is 43.0 Å². The first-order valence-corrected chi connectivity index (χ1v) is 8.48. The fourth-order valence-corrected chi connectivity index (χ4v) is 2.73. The number of aliphatic hydroxyl groups is 1. The van der Waals surface area contributed by atoms with Crippen molar-refractivity contribution >= 4 is 0 Å². The molecule has 1 rings (SSSR count). The van der Waals surface area contributed by atoms with Gasteiger partial charge in [-0.3, -0.25) is 0 Å². The molecular formula is C19H22F6O2. The molecule has 0 radical (unpaired) electrons. The van der Waals surface area contributed by atoms with Crippen LogP contribution in [-0.2, 0) is 18.4 Å². The van der Waals surface area contributed by atoms with Crippen LogP contribution in [0.25, 0.3) is 0 Å². The number of halogens is 6. The Kier molecular flexibility index (Phi) is 7.61. The predicted octanol–water partition coefficient (Wildman–Crippen LogP) is 5.31. The summed E-state index contributed by atoms with van der Waals surface area (Å²) in [5, 5.41) is 9.73. The van der Waals surface area contributed by atoms with Crippen LogP contribution < -0.4 is 4.74 Å². The van der Waals surface area contributed by atoms with Crippen molar-refractivity contribution in [3.63, 3.8) is 0 Å². The molecule has 0 aromatic heterocycles. The van der Waals surface area contributed by atoms with E-state index < -0.39 is 23.5 Å². The highest BCUT2D eigenvalue weighted by Gasteiger charge is 2.71. The fourth-order valence-electron chi connectivity index (χ4n) is 2.73. The van der Waals surface area contributed by atoms with E-state index in [9.17, 15) is 31.4 Å². The van der Waals surface area contributed by atoms with Crippen molar-refractivity contribution in [3.8, 4) is 17.6 Å². The van der Waals surface area contributed by atoms with Gasteiger partial charge in [0.1, 0.15) is 12.4 Å². The van der Waals surface area contributed by atoms with Gasteiger partial charge in [0.2, 0.25) is 0 Å². The zero-order valence-corrected chi connectivity index (χ0v) is 15.3. The molecule has 0 bridgehead atoms. The number of aryl methyl sites for hydroxylation is 2. The lowest BCUT2D eigenvalue weighted by Gasteiger charge is -2.33. The average molecular weight is 396 g/mol. The van der Waals surface area contributed by atoms with Crippen LogP contribution in [0.3, 0.4) is 0 Å². The van der Waals surface area contributed by atoms with Crippen LogP contribution in [0.1, 0.15) is 50.3 Å². The molecule has 0 fully saturated rings. The normalized spacial score (nSPS) is 12.5. The second kappa shape index (κ2) is 8.87. The lowest BCUT2D eigenvalue weighted by molar-refractivity contribution is -0.376. The number of ether oxygens (including phenoxy) is 1. The van der Waals surface area contributed by atoms with Crippen molar-refractivity contribution in [2.24, 2.45) is 0 Å². The van der Waals surface area contributed by atoms with E-state index in [1.165, 1.54) is 0 Å². The van der Waals surface area contributed by atoms with E-state index in [-0.39, 0.29) is 36.3 Å². The summed E-state index contributed by atoms with van der Waals surface area (Å²) in [6, 6.07) is 1.47. The van der Waals surface area contributed by atoms with Gasteiger partial charge in [-0.1, -0.05) is 32.6 Å². The maximum absolute atomic E-state index is 13.3. The third-order valence-electron chi connectivity index (χ3n) is 3.99. The molecule has 8 heteroatoms. The quantitative estimate of drug-likeness (QED) is 0.500. The largest absolute Gasteiger partial charge is 0.480 e. The second-order valence-corrected chi connectivity index (χ2v) is 6.04. The van der Waals surface area contributed by atoms with E-state index in [1.807, 2.05) is 0 Å². The first kappa shape index (κ1) is 23.2. The Balaban J connectivity index is 3.70. The van der Waals surface area contributed by atoms with Crippen molar-refractivity contribution in [3.05, 3.63) is 28.8 Å². The molecule has 0 amide bonds. The van der Waals surface area contributed by atoms with Gasteiger partial charge < -0.3 is 9.84 Å². The number of hydrogen-bond acceptors (Lipinski definition) is 2. The smallest absolute Gasteiger partial charge is 0.430 e. The zero-order chi connectivity index (χ0) is 20.9.